The minimum absolute atomic E-state index is 0.128. The molecule has 2 aromatic rings. The van der Waals surface area contributed by atoms with E-state index in [1.54, 1.807) is 30.5 Å². The molecule has 0 bridgehead atoms. The molecule has 0 heterocycles. The summed E-state index contributed by atoms with van der Waals surface area (Å²) in [5.74, 6) is -0.862. The number of carbonyl (C=O) groups excluding carboxylic acids is 2. The second-order valence-corrected chi connectivity index (χ2v) is 6.02. The van der Waals surface area contributed by atoms with Gasteiger partial charge in [0.05, 0.1) is 12.8 Å². The Morgan fingerprint density at radius 2 is 1.81 bits per heavy atom. The van der Waals surface area contributed by atoms with Gasteiger partial charge < -0.3 is 15.4 Å². The lowest BCUT2D eigenvalue weighted by Gasteiger charge is -2.11. The maximum atomic E-state index is 12.5. The Kier molecular flexibility index (Phi) is 6.63. The van der Waals surface area contributed by atoms with Crippen LogP contribution in [0.3, 0.4) is 0 Å². The number of methoxy groups -OCH3 is 1. The zero-order valence-electron chi connectivity index (χ0n) is 15.2. The summed E-state index contributed by atoms with van der Waals surface area (Å²) in [5.41, 5.74) is 8.65. The smallest absolute Gasteiger partial charge is 0.323 e. The molecule has 0 aliphatic carbocycles. The summed E-state index contributed by atoms with van der Waals surface area (Å²) in [4.78, 5) is 30.3. The second kappa shape index (κ2) is 8.92. The van der Waals surface area contributed by atoms with Crippen molar-refractivity contribution in [2.75, 3.05) is 26.1 Å². The Balaban J connectivity index is 2.17. The van der Waals surface area contributed by atoms with Gasteiger partial charge in [0.25, 0.3) is 0 Å². The highest BCUT2D eigenvalue weighted by Gasteiger charge is 2.20. The number of anilines is 1. The summed E-state index contributed by atoms with van der Waals surface area (Å²) >= 11 is 0. The molecule has 6 heteroatoms. The fraction of sp³-hybridized carbons (Fsp3) is 0.250. The van der Waals surface area contributed by atoms with Crippen LogP contribution in [0, 0.1) is 0 Å². The molecular formula is C20H23N3O3. The maximum absolute atomic E-state index is 12.5. The number of hydrogen-bond acceptors (Lipinski definition) is 6. The maximum Gasteiger partial charge on any atom is 0.323 e. The number of nitrogens with zero attached hydrogens (tertiary/aromatic N) is 2. The van der Waals surface area contributed by atoms with E-state index in [1.165, 1.54) is 7.11 Å². The minimum atomic E-state index is -0.983. The van der Waals surface area contributed by atoms with Crippen LogP contribution in [0.5, 0.6) is 0 Å². The third-order valence-corrected chi connectivity index (χ3v) is 3.88. The normalized spacial score (nSPS) is 12.0. The molecule has 0 amide bonds. The van der Waals surface area contributed by atoms with Crippen LogP contribution in [-0.4, -0.2) is 45.2 Å². The summed E-state index contributed by atoms with van der Waals surface area (Å²) in [5, 5.41) is 0. The van der Waals surface area contributed by atoms with Crippen molar-refractivity contribution in [1.29, 1.82) is 0 Å². The Hall–Kier alpha value is -2.99. The Morgan fingerprint density at radius 3 is 2.42 bits per heavy atom. The van der Waals surface area contributed by atoms with Crippen LogP contribution < -0.4 is 10.6 Å². The van der Waals surface area contributed by atoms with E-state index in [1.807, 2.05) is 43.3 Å². The van der Waals surface area contributed by atoms with Crippen molar-refractivity contribution in [2.45, 2.75) is 12.5 Å². The van der Waals surface area contributed by atoms with E-state index in [-0.39, 0.29) is 12.2 Å². The van der Waals surface area contributed by atoms with Crippen LogP contribution >= 0.6 is 0 Å². The lowest BCUT2D eigenvalue weighted by molar-refractivity contribution is -0.142. The quantitative estimate of drug-likeness (QED) is 0.470. The SMILES string of the molecule is COC(=O)C(N)CC(=O)c1ccccc1N=Cc1ccc(N(C)C)cc1. The van der Waals surface area contributed by atoms with Crippen LogP contribution in [0.15, 0.2) is 53.5 Å². The lowest BCUT2D eigenvalue weighted by Crippen LogP contribution is -2.33. The standard InChI is InChI=1S/C20H23N3O3/c1-23(2)15-10-8-14(9-11-15)13-22-18-7-5-4-6-16(18)19(24)12-17(21)20(25)26-3/h4-11,13,17H,12,21H2,1-3H3. The van der Waals surface area contributed by atoms with E-state index in [2.05, 4.69) is 9.73 Å². The number of ether oxygens (including phenoxy) is 1. The number of Topliss-reactive ketones (excluding diaryl/α,β-unsaturated/α-hetero) is 1. The first kappa shape index (κ1) is 19.3. The number of hydrogen-bond donors (Lipinski definition) is 1. The first-order chi connectivity index (χ1) is 12.4. The molecule has 2 aromatic carbocycles. The monoisotopic (exact) mass is 353 g/mol. The fourth-order valence-corrected chi connectivity index (χ4v) is 2.37. The van der Waals surface area contributed by atoms with E-state index in [9.17, 15) is 9.59 Å². The number of esters is 1. The molecule has 0 aromatic heterocycles. The largest absolute Gasteiger partial charge is 0.468 e. The topological polar surface area (TPSA) is 85.0 Å². The van der Waals surface area contributed by atoms with Crippen LogP contribution in [0.1, 0.15) is 22.3 Å². The number of rotatable bonds is 7. The van der Waals surface area contributed by atoms with Crippen LogP contribution in [0.25, 0.3) is 0 Å². The van der Waals surface area contributed by atoms with Gasteiger partial charge in [-0.3, -0.25) is 14.6 Å². The van der Waals surface area contributed by atoms with Crippen molar-refractivity contribution in [2.24, 2.45) is 10.7 Å². The molecule has 1 atom stereocenters. The van der Waals surface area contributed by atoms with Gasteiger partial charge >= 0.3 is 5.97 Å². The molecule has 2 N–H and O–H groups in total. The number of carbonyl (C=O) groups is 2. The van der Waals surface area contributed by atoms with Crippen molar-refractivity contribution in [3.05, 3.63) is 59.7 Å². The van der Waals surface area contributed by atoms with Crippen molar-refractivity contribution in [3.8, 4) is 0 Å². The third-order valence-electron chi connectivity index (χ3n) is 3.88. The zero-order chi connectivity index (χ0) is 19.1. The fourth-order valence-electron chi connectivity index (χ4n) is 2.37. The van der Waals surface area contributed by atoms with Crippen LogP contribution in [0.2, 0.25) is 0 Å². The molecule has 0 saturated carbocycles. The van der Waals surface area contributed by atoms with Crippen LogP contribution in [-0.2, 0) is 9.53 Å². The summed E-state index contributed by atoms with van der Waals surface area (Å²) in [6, 6.07) is 13.9. The van der Waals surface area contributed by atoms with Gasteiger partial charge in [0.2, 0.25) is 0 Å². The van der Waals surface area contributed by atoms with Gasteiger partial charge in [-0.05, 0) is 29.8 Å². The molecule has 6 nitrogen and oxygen atoms in total. The van der Waals surface area contributed by atoms with E-state index < -0.39 is 12.0 Å². The second-order valence-electron chi connectivity index (χ2n) is 6.02. The van der Waals surface area contributed by atoms with Gasteiger partial charge in [0.1, 0.15) is 6.04 Å². The Labute approximate surface area is 153 Å². The number of para-hydroxylation sites is 1. The number of ketones is 1. The lowest BCUT2D eigenvalue weighted by atomic mass is 10.0. The molecule has 0 fully saturated rings. The number of nitrogens with two attached hydrogens (primary N) is 1. The molecule has 0 radical (unpaired) electrons. The first-order valence-corrected chi connectivity index (χ1v) is 8.19. The highest BCUT2D eigenvalue weighted by atomic mass is 16.5. The van der Waals surface area contributed by atoms with E-state index in [0.717, 1.165) is 11.3 Å². The van der Waals surface area contributed by atoms with Gasteiger partial charge in [-0.25, -0.2) is 0 Å². The summed E-state index contributed by atoms with van der Waals surface area (Å²) in [6.45, 7) is 0. The molecule has 0 saturated heterocycles. The molecule has 0 spiro atoms. The molecule has 0 aliphatic heterocycles. The van der Waals surface area contributed by atoms with Gasteiger partial charge in [0.15, 0.2) is 5.78 Å². The minimum Gasteiger partial charge on any atom is -0.468 e. The van der Waals surface area contributed by atoms with Gasteiger partial charge in [-0.15, -0.1) is 0 Å². The van der Waals surface area contributed by atoms with E-state index >= 15 is 0 Å². The molecule has 136 valence electrons. The predicted octanol–water partition coefficient (Wildman–Crippen LogP) is 2.58. The van der Waals surface area contributed by atoms with Gasteiger partial charge in [0, 0.05) is 38.0 Å². The van der Waals surface area contributed by atoms with Crippen molar-refractivity contribution < 1.29 is 14.3 Å². The summed E-state index contributed by atoms with van der Waals surface area (Å²) in [6.07, 6.45) is 1.57. The highest BCUT2D eigenvalue weighted by molar-refractivity contribution is 6.03. The van der Waals surface area contributed by atoms with Crippen molar-refractivity contribution in [3.63, 3.8) is 0 Å². The van der Waals surface area contributed by atoms with E-state index in [4.69, 9.17) is 5.73 Å². The predicted molar refractivity (Wildman–Crippen MR) is 103 cm³/mol. The van der Waals surface area contributed by atoms with Gasteiger partial charge in [-0.2, -0.15) is 0 Å². The number of aliphatic imine (C=N–C) groups is 1. The van der Waals surface area contributed by atoms with E-state index in [0.29, 0.717) is 11.3 Å². The molecular weight excluding hydrogens is 330 g/mol. The zero-order valence-corrected chi connectivity index (χ0v) is 15.2. The Bertz CT molecular complexity index is 798. The summed E-state index contributed by atoms with van der Waals surface area (Å²) < 4.78 is 4.56. The third kappa shape index (κ3) is 5.00. The van der Waals surface area contributed by atoms with Crippen molar-refractivity contribution in [1.82, 2.24) is 0 Å². The molecule has 1 unspecified atom stereocenters. The summed E-state index contributed by atoms with van der Waals surface area (Å²) in [7, 11) is 5.19. The van der Waals surface area contributed by atoms with Crippen molar-refractivity contribution >= 4 is 29.3 Å². The average Bonchev–Trinajstić information content (AvgIpc) is 2.66. The Morgan fingerprint density at radius 1 is 1.15 bits per heavy atom. The number of benzene rings is 2. The average molecular weight is 353 g/mol. The first-order valence-electron chi connectivity index (χ1n) is 8.19. The highest BCUT2D eigenvalue weighted by Crippen LogP contribution is 2.21. The van der Waals surface area contributed by atoms with Crippen LogP contribution in [0.4, 0.5) is 11.4 Å². The molecule has 0 aliphatic rings. The molecule has 26 heavy (non-hydrogen) atoms. The molecule has 2 rings (SSSR count). The van der Waals surface area contributed by atoms with Gasteiger partial charge in [-0.1, -0.05) is 24.3 Å².